The normalized spacial score (nSPS) is 12.8. The van der Waals surface area contributed by atoms with Crippen molar-refractivity contribution < 1.29 is 87.1 Å². The minimum Gasteiger partial charge on any atom is -0.505 e. The van der Waals surface area contributed by atoms with Crippen LogP contribution in [0.2, 0.25) is 0 Å². The van der Waals surface area contributed by atoms with Crippen molar-refractivity contribution in [2.24, 2.45) is 0 Å². The third-order valence-corrected chi connectivity index (χ3v) is 9.87. The lowest BCUT2D eigenvalue weighted by Crippen LogP contribution is -2.35. The molecule has 0 aliphatic carbocycles. The molecule has 64 heavy (non-hydrogen) atoms. The van der Waals surface area contributed by atoms with Crippen LogP contribution in [-0.4, -0.2) is 106 Å². The number of phenolic OH excluding ortho intramolecular Hbond substituents is 2. The number of nitrogens with one attached hydrogen (secondary N) is 1. The molecule has 330 valence electrons. The Morgan fingerprint density at radius 2 is 1.14 bits per heavy atom. The fourth-order valence-corrected chi connectivity index (χ4v) is 7.30. The number of phenols is 2. The maximum Gasteiger partial charge on any atom is 0.340 e. The second kappa shape index (κ2) is 17.4. The van der Waals surface area contributed by atoms with Crippen LogP contribution in [0.1, 0.15) is 37.4 Å². The number of hydrogen-bond donors (Lipinski definition) is 7. The highest BCUT2D eigenvalue weighted by Crippen LogP contribution is 2.57. The first kappa shape index (κ1) is 43.5. The van der Waals surface area contributed by atoms with Gasteiger partial charge >= 0.3 is 29.8 Å². The highest BCUT2D eigenvalue weighted by Gasteiger charge is 2.54. The lowest BCUT2D eigenvalue weighted by atomic mass is 9.77. The van der Waals surface area contributed by atoms with E-state index in [9.17, 15) is 68.2 Å². The van der Waals surface area contributed by atoms with Gasteiger partial charge in [0, 0.05) is 35.0 Å². The zero-order valence-electron chi connectivity index (χ0n) is 32.7. The second-order valence-corrected chi connectivity index (χ2v) is 14.1. The van der Waals surface area contributed by atoms with Gasteiger partial charge in [0.25, 0.3) is 5.91 Å². The molecule has 1 amide bonds. The zero-order valence-corrected chi connectivity index (χ0v) is 32.7. The van der Waals surface area contributed by atoms with Gasteiger partial charge in [0.05, 0.1) is 28.1 Å². The first-order valence-corrected chi connectivity index (χ1v) is 18.7. The standard InChI is InChI=1S/C43H33F2N3O16/c44-27-13-25-34(15-31(27)49)63-35-16-32(50)28(45)14-26(35)43(25)24-7-5-21(11-23(24)42(60)64-43)41(59)46-22-6-8-30(48(19-39(55)56)20-40(57)58)36(12-22)62-10-9-61-33-4-2-1-3-29(33)47(17-37(51)52)18-38(53)54/h1-8,11-16,49-50H,9-10,17-20H2,(H,46,59)(H,51,52)(H,53,54)(H,55,56)(H,57,58). The summed E-state index contributed by atoms with van der Waals surface area (Å²) in [6, 6.07) is 17.2. The summed E-state index contributed by atoms with van der Waals surface area (Å²) in [5.41, 5.74) is -2.44. The highest BCUT2D eigenvalue weighted by molar-refractivity contribution is 6.07. The van der Waals surface area contributed by atoms with E-state index in [-0.39, 0.29) is 81.1 Å². The Hall–Kier alpha value is -8.62. The number of rotatable bonds is 17. The quantitative estimate of drug-likeness (QED) is 0.0496. The molecule has 0 atom stereocenters. The van der Waals surface area contributed by atoms with Gasteiger partial charge in [-0.1, -0.05) is 18.2 Å². The molecule has 7 N–H and O–H groups in total. The molecular formula is C43H33F2N3O16. The number of carboxylic acid groups (broad SMARTS) is 4. The summed E-state index contributed by atoms with van der Waals surface area (Å²) >= 11 is 0. The van der Waals surface area contributed by atoms with Gasteiger partial charge in [0.1, 0.15) is 62.4 Å². The van der Waals surface area contributed by atoms with Crippen LogP contribution in [-0.2, 0) is 29.5 Å². The molecule has 0 fully saturated rings. The number of esters is 1. The number of carbonyl (C=O) groups is 6. The van der Waals surface area contributed by atoms with E-state index in [0.29, 0.717) is 0 Å². The molecular weight excluding hydrogens is 852 g/mol. The number of aromatic hydroxyl groups is 2. The number of carboxylic acids is 4. The number of amides is 1. The average molecular weight is 886 g/mol. The van der Waals surface area contributed by atoms with E-state index < -0.39 is 90.7 Å². The highest BCUT2D eigenvalue weighted by atomic mass is 19.1. The minimum absolute atomic E-state index is 0.0191. The molecule has 2 heterocycles. The van der Waals surface area contributed by atoms with Gasteiger partial charge in [0.2, 0.25) is 0 Å². The van der Waals surface area contributed by atoms with E-state index in [2.05, 4.69) is 5.32 Å². The number of para-hydroxylation sites is 2. The molecule has 2 aliphatic rings. The molecule has 0 radical (unpaired) electrons. The maximum atomic E-state index is 14.9. The Kier molecular flexibility index (Phi) is 11.8. The predicted octanol–water partition coefficient (Wildman–Crippen LogP) is 4.61. The summed E-state index contributed by atoms with van der Waals surface area (Å²) in [4.78, 5) is 75.8. The van der Waals surface area contributed by atoms with E-state index in [1.807, 2.05) is 0 Å². The Balaban J connectivity index is 1.17. The Labute approximate surface area is 358 Å². The number of benzene rings is 5. The molecule has 0 saturated carbocycles. The van der Waals surface area contributed by atoms with Crippen molar-refractivity contribution in [2.75, 3.05) is 54.5 Å². The summed E-state index contributed by atoms with van der Waals surface area (Å²) in [5.74, 6) is -11.4. The van der Waals surface area contributed by atoms with Crippen molar-refractivity contribution in [3.8, 4) is 34.5 Å². The topological polar surface area (TPSA) is 279 Å². The van der Waals surface area contributed by atoms with E-state index in [0.717, 1.165) is 34.1 Å². The molecule has 0 bridgehead atoms. The number of ether oxygens (including phenoxy) is 4. The van der Waals surface area contributed by atoms with Crippen molar-refractivity contribution in [1.82, 2.24) is 0 Å². The molecule has 1 spiro atoms. The second-order valence-electron chi connectivity index (χ2n) is 14.1. The van der Waals surface area contributed by atoms with E-state index in [1.165, 1.54) is 48.5 Å². The van der Waals surface area contributed by atoms with Crippen LogP contribution >= 0.6 is 0 Å². The van der Waals surface area contributed by atoms with Crippen LogP contribution in [0.15, 0.2) is 84.9 Å². The number of hydrogen-bond acceptors (Lipinski definition) is 14. The first-order valence-electron chi connectivity index (χ1n) is 18.7. The summed E-state index contributed by atoms with van der Waals surface area (Å²) in [7, 11) is 0. The van der Waals surface area contributed by atoms with E-state index in [1.54, 1.807) is 12.1 Å². The van der Waals surface area contributed by atoms with Gasteiger partial charge in [-0.3, -0.25) is 24.0 Å². The van der Waals surface area contributed by atoms with Gasteiger partial charge in [-0.15, -0.1) is 0 Å². The lowest BCUT2D eigenvalue weighted by molar-refractivity contribution is -0.138. The van der Waals surface area contributed by atoms with Crippen molar-refractivity contribution >= 4 is 52.8 Å². The molecule has 2 aliphatic heterocycles. The van der Waals surface area contributed by atoms with Crippen LogP contribution in [0.25, 0.3) is 0 Å². The van der Waals surface area contributed by atoms with Gasteiger partial charge < -0.3 is 64.7 Å². The summed E-state index contributed by atoms with van der Waals surface area (Å²) < 4.78 is 53.1. The van der Waals surface area contributed by atoms with Crippen LogP contribution in [0, 0.1) is 11.6 Å². The van der Waals surface area contributed by atoms with Crippen molar-refractivity contribution in [3.63, 3.8) is 0 Å². The number of halogens is 2. The molecule has 19 nitrogen and oxygen atoms in total. The number of aliphatic carboxylic acids is 4. The zero-order chi connectivity index (χ0) is 46.0. The Morgan fingerprint density at radius 3 is 1.69 bits per heavy atom. The van der Waals surface area contributed by atoms with Crippen LogP contribution in [0.5, 0.6) is 34.5 Å². The number of anilines is 3. The number of nitrogens with zero attached hydrogens (tertiary/aromatic N) is 2. The predicted molar refractivity (Wildman–Crippen MR) is 215 cm³/mol. The average Bonchev–Trinajstić information content (AvgIpc) is 3.51. The first-order chi connectivity index (χ1) is 30.4. The molecule has 0 saturated heterocycles. The van der Waals surface area contributed by atoms with Crippen LogP contribution < -0.4 is 29.3 Å². The fraction of sp³-hybridized carbons (Fsp3) is 0.163. The van der Waals surface area contributed by atoms with Crippen molar-refractivity contribution in [2.45, 2.75) is 5.60 Å². The Bertz CT molecular complexity index is 2670. The fourth-order valence-electron chi connectivity index (χ4n) is 7.30. The van der Waals surface area contributed by atoms with E-state index >= 15 is 0 Å². The van der Waals surface area contributed by atoms with Crippen molar-refractivity contribution in [1.29, 1.82) is 0 Å². The van der Waals surface area contributed by atoms with Gasteiger partial charge in [-0.2, -0.15) is 0 Å². The molecule has 7 rings (SSSR count). The molecule has 5 aromatic rings. The third-order valence-electron chi connectivity index (χ3n) is 9.87. The maximum absolute atomic E-state index is 14.9. The smallest absolute Gasteiger partial charge is 0.340 e. The Morgan fingerprint density at radius 1 is 0.625 bits per heavy atom. The number of carbonyl (C=O) groups excluding carboxylic acids is 2. The van der Waals surface area contributed by atoms with Crippen LogP contribution in [0.4, 0.5) is 25.8 Å². The molecule has 0 unspecified atom stereocenters. The number of fused-ring (bicyclic) bond motifs is 6. The SMILES string of the molecule is O=C(O)CN(CC(=O)O)c1ccccc1OCCOc1cc(NC(=O)c2ccc3c(c2)C(=O)OC32c3cc(F)c(O)cc3Oc3cc(O)c(F)cc32)ccc1N(CC(=O)O)CC(=O)O. The van der Waals surface area contributed by atoms with Gasteiger partial charge in [-0.05, 0) is 48.5 Å². The minimum atomic E-state index is -2.06. The largest absolute Gasteiger partial charge is 0.505 e. The summed E-state index contributed by atoms with van der Waals surface area (Å²) in [6.45, 7) is -3.45. The van der Waals surface area contributed by atoms with Gasteiger partial charge in [-0.25, -0.2) is 13.6 Å². The molecule has 5 aromatic carbocycles. The summed E-state index contributed by atoms with van der Waals surface area (Å²) in [5, 5.41) is 60.6. The third kappa shape index (κ3) is 8.62. The van der Waals surface area contributed by atoms with E-state index in [4.69, 9.17) is 18.9 Å². The van der Waals surface area contributed by atoms with Crippen molar-refractivity contribution in [3.05, 3.63) is 124 Å². The lowest BCUT2D eigenvalue weighted by Gasteiger charge is -2.36. The van der Waals surface area contributed by atoms with Crippen LogP contribution in [0.3, 0.4) is 0 Å². The monoisotopic (exact) mass is 885 g/mol. The van der Waals surface area contributed by atoms with Gasteiger partial charge in [0.15, 0.2) is 28.7 Å². The molecule has 21 heteroatoms. The molecule has 0 aromatic heterocycles. The summed E-state index contributed by atoms with van der Waals surface area (Å²) in [6.07, 6.45) is 0.